The van der Waals surface area contributed by atoms with Crippen LogP contribution in [0.25, 0.3) is 11.3 Å². The Balaban J connectivity index is 1.63. The summed E-state index contributed by atoms with van der Waals surface area (Å²) < 4.78 is 6.37. The molecule has 0 bridgehead atoms. The number of anilines is 1. The minimum atomic E-state index is -0.348. The minimum Gasteiger partial charge on any atom is -0.506 e. The Labute approximate surface area is 196 Å². The summed E-state index contributed by atoms with van der Waals surface area (Å²) in [5.41, 5.74) is 3.43. The number of rotatable bonds is 4. The zero-order chi connectivity index (χ0) is 22.2. The molecule has 32 heavy (non-hydrogen) atoms. The fourth-order valence-corrected chi connectivity index (χ4v) is 4.60. The van der Waals surface area contributed by atoms with E-state index in [1.165, 1.54) is 0 Å². The van der Waals surface area contributed by atoms with E-state index in [4.69, 9.17) is 28.2 Å². The fraction of sp³-hybridized carbons (Fsp3) is 0.120. The van der Waals surface area contributed by atoms with Crippen LogP contribution in [0.15, 0.2) is 83.4 Å². The van der Waals surface area contributed by atoms with Crippen molar-refractivity contribution in [3.63, 3.8) is 0 Å². The van der Waals surface area contributed by atoms with Crippen LogP contribution in [0.2, 0.25) is 5.02 Å². The lowest BCUT2D eigenvalue weighted by atomic mass is 10.0. The summed E-state index contributed by atoms with van der Waals surface area (Å²) in [5, 5.41) is 15.1. The van der Waals surface area contributed by atoms with Gasteiger partial charge in [-0.1, -0.05) is 35.9 Å². The number of para-hydroxylation sites is 2. The van der Waals surface area contributed by atoms with Crippen LogP contribution in [0.3, 0.4) is 0 Å². The first-order chi connectivity index (χ1) is 15.5. The van der Waals surface area contributed by atoms with Crippen LogP contribution in [-0.4, -0.2) is 15.2 Å². The van der Waals surface area contributed by atoms with E-state index in [-0.39, 0.29) is 17.8 Å². The summed E-state index contributed by atoms with van der Waals surface area (Å²) in [4.78, 5) is 6.43. The summed E-state index contributed by atoms with van der Waals surface area (Å²) in [6, 6.07) is 21.9. The molecule has 0 aliphatic carbocycles. The zero-order valence-corrected chi connectivity index (χ0v) is 18.8. The molecule has 5 rings (SSSR count). The average Bonchev–Trinajstić information content (AvgIpc) is 3.41. The number of aromatic nitrogens is 1. The highest BCUT2D eigenvalue weighted by molar-refractivity contribution is 7.80. The number of nitrogens with one attached hydrogen (secondary N) is 1. The molecule has 0 radical (unpaired) electrons. The van der Waals surface area contributed by atoms with Crippen molar-refractivity contribution in [3.05, 3.63) is 101 Å². The molecule has 7 heteroatoms. The van der Waals surface area contributed by atoms with E-state index in [1.807, 2.05) is 72.5 Å². The second-order valence-electron chi connectivity index (χ2n) is 7.65. The van der Waals surface area contributed by atoms with E-state index in [0.29, 0.717) is 21.6 Å². The Morgan fingerprint density at radius 3 is 2.66 bits per heavy atom. The second-order valence-corrected chi connectivity index (χ2v) is 8.47. The monoisotopic (exact) mass is 461 g/mol. The van der Waals surface area contributed by atoms with Crippen LogP contribution in [0.1, 0.15) is 29.1 Å². The van der Waals surface area contributed by atoms with Gasteiger partial charge >= 0.3 is 0 Å². The van der Waals surface area contributed by atoms with E-state index in [9.17, 15) is 5.11 Å². The molecule has 3 heterocycles. The fourth-order valence-electron chi connectivity index (χ4n) is 4.09. The van der Waals surface area contributed by atoms with Gasteiger partial charge in [0.05, 0.1) is 17.4 Å². The van der Waals surface area contributed by atoms with Crippen molar-refractivity contribution >= 4 is 34.6 Å². The first-order valence-electron chi connectivity index (χ1n) is 10.2. The van der Waals surface area contributed by atoms with Gasteiger partial charge in [0.25, 0.3) is 0 Å². The number of pyridine rings is 1. The van der Waals surface area contributed by atoms with E-state index in [0.717, 1.165) is 22.6 Å². The average molecular weight is 462 g/mol. The topological polar surface area (TPSA) is 61.5 Å². The summed E-state index contributed by atoms with van der Waals surface area (Å²) >= 11 is 11.9. The van der Waals surface area contributed by atoms with Gasteiger partial charge in [-0.2, -0.15) is 0 Å². The normalized spacial score (nSPS) is 18.1. The molecular formula is C25H20ClN3O2S. The first-order valence-corrected chi connectivity index (χ1v) is 11.0. The number of halogens is 1. The third-order valence-electron chi connectivity index (χ3n) is 5.62. The molecule has 0 amide bonds. The van der Waals surface area contributed by atoms with E-state index in [2.05, 4.69) is 10.3 Å². The van der Waals surface area contributed by atoms with E-state index >= 15 is 0 Å². The maximum atomic E-state index is 10.6. The molecule has 5 nitrogen and oxygen atoms in total. The van der Waals surface area contributed by atoms with E-state index < -0.39 is 0 Å². The number of thiocarbonyl (C=S) groups is 1. The molecular weight excluding hydrogens is 442 g/mol. The van der Waals surface area contributed by atoms with Crippen LogP contribution >= 0.6 is 23.8 Å². The Morgan fingerprint density at radius 2 is 1.88 bits per heavy atom. The number of nitrogens with zero attached hydrogens (tertiary/aromatic N) is 2. The lowest BCUT2D eigenvalue weighted by molar-refractivity contribution is 0.434. The van der Waals surface area contributed by atoms with Crippen LogP contribution in [0, 0.1) is 6.92 Å². The van der Waals surface area contributed by atoms with Crippen molar-refractivity contribution in [1.29, 1.82) is 0 Å². The highest BCUT2D eigenvalue weighted by atomic mass is 35.5. The molecule has 1 saturated heterocycles. The third-order valence-corrected chi connectivity index (χ3v) is 6.17. The van der Waals surface area contributed by atoms with Crippen LogP contribution in [-0.2, 0) is 0 Å². The molecule has 0 saturated carbocycles. The quantitative estimate of drug-likeness (QED) is 0.353. The lowest BCUT2D eigenvalue weighted by Crippen LogP contribution is -2.29. The largest absolute Gasteiger partial charge is 0.506 e. The SMILES string of the molecule is Cc1ccc(Cl)cc1-c1ccc([C@H]2[C@H](c3ccccn3)NC(=S)N2c2ccccc2O)o1. The van der Waals surface area contributed by atoms with Gasteiger partial charge in [-0.25, -0.2) is 0 Å². The van der Waals surface area contributed by atoms with Gasteiger partial charge in [-0.3, -0.25) is 4.98 Å². The molecule has 2 aromatic heterocycles. The lowest BCUT2D eigenvalue weighted by Gasteiger charge is -2.26. The molecule has 1 aliphatic rings. The third kappa shape index (κ3) is 3.61. The molecule has 160 valence electrons. The van der Waals surface area contributed by atoms with Crippen molar-refractivity contribution in [2.75, 3.05) is 4.90 Å². The van der Waals surface area contributed by atoms with Crippen molar-refractivity contribution in [2.45, 2.75) is 19.0 Å². The molecule has 0 spiro atoms. The molecule has 4 aromatic rings. The maximum Gasteiger partial charge on any atom is 0.174 e. The molecule has 1 fully saturated rings. The van der Waals surface area contributed by atoms with Crippen molar-refractivity contribution in [2.24, 2.45) is 0 Å². The minimum absolute atomic E-state index is 0.140. The van der Waals surface area contributed by atoms with Gasteiger partial charge in [-0.05, 0) is 73.2 Å². The number of furan rings is 1. The maximum absolute atomic E-state index is 10.6. The van der Waals surface area contributed by atoms with Gasteiger partial charge in [0.15, 0.2) is 5.11 Å². The van der Waals surface area contributed by atoms with Crippen LogP contribution in [0.5, 0.6) is 5.75 Å². The zero-order valence-electron chi connectivity index (χ0n) is 17.2. The number of phenolic OH excluding ortho intramolecular Hbond substituents is 1. The molecule has 2 atom stereocenters. The van der Waals surface area contributed by atoms with Gasteiger partial charge < -0.3 is 19.7 Å². The summed E-state index contributed by atoms with van der Waals surface area (Å²) in [7, 11) is 0. The van der Waals surface area contributed by atoms with Gasteiger partial charge in [0.1, 0.15) is 23.3 Å². The first kappa shape index (κ1) is 20.5. The van der Waals surface area contributed by atoms with Crippen molar-refractivity contribution < 1.29 is 9.52 Å². The standard InChI is InChI=1S/C25H20ClN3O2S/c1-15-9-10-16(26)14-17(15)21-11-12-22(31-21)24-23(18-6-4-5-13-27-18)28-25(32)29(24)19-7-2-3-8-20(19)30/h2-14,23-24,30H,1H3,(H,28,32)/t23-,24-/m0/s1. The highest BCUT2D eigenvalue weighted by Gasteiger charge is 2.43. The summed E-state index contributed by atoms with van der Waals surface area (Å²) in [6.45, 7) is 2.02. The van der Waals surface area contributed by atoms with Crippen molar-refractivity contribution in [3.8, 4) is 17.1 Å². The number of hydrogen-bond acceptors (Lipinski definition) is 4. The second kappa shape index (κ2) is 8.30. The number of phenols is 1. The highest BCUT2D eigenvalue weighted by Crippen LogP contribution is 2.45. The Kier molecular flexibility index (Phi) is 5.33. The Hall–Kier alpha value is -3.35. The number of aryl methyl sites for hydroxylation is 1. The van der Waals surface area contributed by atoms with E-state index in [1.54, 1.807) is 18.3 Å². The Bertz CT molecular complexity index is 1290. The molecule has 1 aliphatic heterocycles. The molecule has 2 aromatic carbocycles. The number of benzene rings is 2. The van der Waals surface area contributed by atoms with Crippen LogP contribution in [0.4, 0.5) is 5.69 Å². The van der Waals surface area contributed by atoms with Gasteiger partial charge in [0.2, 0.25) is 0 Å². The Morgan fingerprint density at radius 1 is 1.06 bits per heavy atom. The van der Waals surface area contributed by atoms with Crippen molar-refractivity contribution in [1.82, 2.24) is 10.3 Å². The van der Waals surface area contributed by atoms with Crippen LogP contribution < -0.4 is 10.2 Å². The van der Waals surface area contributed by atoms with Gasteiger partial charge in [-0.15, -0.1) is 0 Å². The predicted molar refractivity (Wildman–Crippen MR) is 130 cm³/mol. The molecule has 2 N–H and O–H groups in total. The number of hydrogen-bond donors (Lipinski definition) is 2. The predicted octanol–water partition coefficient (Wildman–Crippen LogP) is 6.19. The summed E-state index contributed by atoms with van der Waals surface area (Å²) in [5.74, 6) is 1.56. The molecule has 0 unspecified atom stereocenters. The van der Waals surface area contributed by atoms with Gasteiger partial charge in [0, 0.05) is 16.8 Å². The summed E-state index contributed by atoms with van der Waals surface area (Å²) in [6.07, 6.45) is 1.75. The smallest absolute Gasteiger partial charge is 0.174 e. The number of aromatic hydroxyl groups is 1.